The van der Waals surface area contributed by atoms with Gasteiger partial charge in [0.15, 0.2) is 5.78 Å². The van der Waals surface area contributed by atoms with E-state index in [9.17, 15) is 14.7 Å². The van der Waals surface area contributed by atoms with E-state index >= 15 is 0 Å². The highest BCUT2D eigenvalue weighted by Crippen LogP contribution is 2.48. The van der Waals surface area contributed by atoms with E-state index in [4.69, 9.17) is 5.11 Å². The van der Waals surface area contributed by atoms with Gasteiger partial charge in [-0.25, -0.2) is 4.79 Å². The lowest BCUT2D eigenvalue weighted by atomic mass is 9.64. The number of carboxylic acid groups (broad SMARTS) is 1. The molecule has 1 aliphatic rings. The predicted molar refractivity (Wildman–Crippen MR) is 108 cm³/mol. The summed E-state index contributed by atoms with van der Waals surface area (Å²) in [5.74, 6) is -0.0620. The number of Topliss-reactive ketones (excluding diaryl/α,β-unsaturated/α-hetero) is 1. The van der Waals surface area contributed by atoms with Gasteiger partial charge in [-0.15, -0.1) is 11.8 Å². The maximum Gasteiger partial charge on any atom is 0.328 e. The molecule has 5 heteroatoms. The number of carbonyl (C=O) groups is 2. The second-order valence-electron chi connectivity index (χ2n) is 7.67. The molecule has 0 aromatic carbocycles. The number of ketones is 1. The highest BCUT2D eigenvalue weighted by molar-refractivity contribution is 8.04. The van der Waals surface area contributed by atoms with Crippen LogP contribution >= 0.6 is 11.8 Å². The van der Waals surface area contributed by atoms with Gasteiger partial charge in [0.25, 0.3) is 0 Å². The zero-order valence-corrected chi connectivity index (χ0v) is 17.4. The molecular formula is C21H32O4S. The van der Waals surface area contributed by atoms with Crippen LogP contribution < -0.4 is 0 Å². The summed E-state index contributed by atoms with van der Waals surface area (Å²) in [6.45, 7) is 9.40. The molecule has 4 nitrogen and oxygen atoms in total. The van der Waals surface area contributed by atoms with E-state index in [0.29, 0.717) is 16.1 Å². The van der Waals surface area contributed by atoms with Crippen molar-refractivity contribution in [2.45, 2.75) is 72.3 Å². The standard InChI is InChI=1S/C21H32O4S/c1-6-7-8-9-12-26-19-16(3)21(25,20(4,5)14-17(19)22)11-10-15(2)13-18(23)24/h10-11,13,25H,6-9,12,14H2,1-5H3,(H,23,24)/b11-10+,15-13+. The fourth-order valence-electron chi connectivity index (χ4n) is 3.24. The summed E-state index contributed by atoms with van der Waals surface area (Å²) in [4.78, 5) is 24.1. The van der Waals surface area contributed by atoms with E-state index in [0.717, 1.165) is 24.7 Å². The summed E-state index contributed by atoms with van der Waals surface area (Å²) in [6, 6.07) is 0. The Morgan fingerprint density at radius 1 is 1.27 bits per heavy atom. The number of aliphatic carboxylic acids is 1. The summed E-state index contributed by atoms with van der Waals surface area (Å²) in [7, 11) is 0. The van der Waals surface area contributed by atoms with E-state index in [1.165, 1.54) is 24.6 Å². The van der Waals surface area contributed by atoms with Gasteiger partial charge >= 0.3 is 5.97 Å². The first-order valence-electron chi connectivity index (χ1n) is 9.25. The minimum Gasteiger partial charge on any atom is -0.478 e. The summed E-state index contributed by atoms with van der Waals surface area (Å²) in [5, 5.41) is 20.2. The van der Waals surface area contributed by atoms with Crippen LogP contribution in [0, 0.1) is 5.41 Å². The van der Waals surface area contributed by atoms with E-state index < -0.39 is 17.0 Å². The third kappa shape index (κ3) is 5.58. The van der Waals surface area contributed by atoms with Crippen molar-refractivity contribution in [3.8, 4) is 0 Å². The summed E-state index contributed by atoms with van der Waals surface area (Å²) in [5.41, 5.74) is -0.723. The van der Waals surface area contributed by atoms with Crippen LogP contribution in [0.4, 0.5) is 0 Å². The summed E-state index contributed by atoms with van der Waals surface area (Å²) >= 11 is 1.54. The molecule has 1 atom stereocenters. The first-order valence-corrected chi connectivity index (χ1v) is 10.2. The molecular weight excluding hydrogens is 348 g/mol. The number of unbranched alkanes of at least 4 members (excludes halogenated alkanes) is 3. The molecule has 146 valence electrons. The smallest absolute Gasteiger partial charge is 0.328 e. The normalized spacial score (nSPS) is 23.8. The third-order valence-corrected chi connectivity index (χ3v) is 6.30. The van der Waals surface area contributed by atoms with Crippen LogP contribution in [0.15, 0.2) is 34.3 Å². The number of hydrogen-bond donors (Lipinski definition) is 2. The minimum absolute atomic E-state index is 0.0869. The van der Waals surface area contributed by atoms with Gasteiger partial charge in [-0.3, -0.25) is 4.79 Å². The Labute approximate surface area is 161 Å². The Hall–Kier alpha value is -1.33. The van der Waals surface area contributed by atoms with Gasteiger partial charge < -0.3 is 10.2 Å². The van der Waals surface area contributed by atoms with Gasteiger partial charge in [0, 0.05) is 17.9 Å². The highest BCUT2D eigenvalue weighted by atomic mass is 32.2. The second-order valence-corrected chi connectivity index (χ2v) is 8.78. The Balaban J connectivity index is 3.10. The number of allylic oxidation sites excluding steroid dienone is 3. The Morgan fingerprint density at radius 3 is 2.50 bits per heavy atom. The van der Waals surface area contributed by atoms with E-state index in [1.54, 1.807) is 19.1 Å². The monoisotopic (exact) mass is 380 g/mol. The number of thioether (sulfide) groups is 1. The molecule has 0 bridgehead atoms. The lowest BCUT2D eigenvalue weighted by Gasteiger charge is -2.45. The quantitative estimate of drug-likeness (QED) is 0.338. The Morgan fingerprint density at radius 2 is 1.92 bits per heavy atom. The van der Waals surface area contributed by atoms with Crippen LogP contribution in [0.5, 0.6) is 0 Å². The van der Waals surface area contributed by atoms with Crippen LogP contribution in [0.25, 0.3) is 0 Å². The van der Waals surface area contributed by atoms with Crippen molar-refractivity contribution in [3.63, 3.8) is 0 Å². The largest absolute Gasteiger partial charge is 0.478 e. The van der Waals surface area contributed by atoms with Gasteiger partial charge in [0.05, 0.1) is 4.91 Å². The average Bonchev–Trinajstić information content (AvgIpc) is 2.53. The van der Waals surface area contributed by atoms with Crippen molar-refractivity contribution in [2.75, 3.05) is 5.75 Å². The maximum absolute atomic E-state index is 12.6. The van der Waals surface area contributed by atoms with Crippen LogP contribution in [0.2, 0.25) is 0 Å². The topological polar surface area (TPSA) is 74.6 Å². The number of carbonyl (C=O) groups excluding carboxylic acids is 1. The number of rotatable bonds is 9. The first kappa shape index (κ1) is 22.7. The van der Waals surface area contributed by atoms with E-state index in [2.05, 4.69) is 6.92 Å². The number of aliphatic hydroxyl groups is 1. The van der Waals surface area contributed by atoms with Gasteiger partial charge in [0.1, 0.15) is 5.60 Å². The Bertz CT molecular complexity index is 628. The van der Waals surface area contributed by atoms with E-state index in [-0.39, 0.29) is 12.2 Å². The molecule has 2 N–H and O–H groups in total. The third-order valence-electron chi connectivity index (χ3n) is 4.98. The molecule has 1 unspecified atom stereocenters. The second kappa shape index (κ2) is 9.56. The van der Waals surface area contributed by atoms with Gasteiger partial charge in [-0.05, 0) is 43.2 Å². The molecule has 0 radical (unpaired) electrons. The molecule has 0 aliphatic heterocycles. The minimum atomic E-state index is -1.28. The van der Waals surface area contributed by atoms with Crippen LogP contribution in [0.3, 0.4) is 0 Å². The summed E-state index contributed by atoms with van der Waals surface area (Å²) < 4.78 is 0. The predicted octanol–water partition coefficient (Wildman–Crippen LogP) is 4.89. The fraction of sp³-hybridized carbons (Fsp3) is 0.619. The number of carboxylic acids is 1. The molecule has 0 fully saturated rings. The van der Waals surface area contributed by atoms with Gasteiger partial charge in [-0.1, -0.05) is 46.1 Å². The zero-order chi connectivity index (χ0) is 20.0. The number of hydrogen-bond acceptors (Lipinski definition) is 4. The van der Waals surface area contributed by atoms with Crippen LogP contribution in [-0.4, -0.2) is 33.3 Å². The molecule has 0 saturated carbocycles. The van der Waals surface area contributed by atoms with Crippen molar-refractivity contribution >= 4 is 23.5 Å². The molecule has 0 amide bonds. The van der Waals surface area contributed by atoms with Gasteiger partial charge in [-0.2, -0.15) is 0 Å². The molecule has 1 aliphatic carbocycles. The highest BCUT2D eigenvalue weighted by Gasteiger charge is 2.49. The molecule has 0 heterocycles. The fourth-order valence-corrected chi connectivity index (χ4v) is 4.40. The lowest BCUT2D eigenvalue weighted by Crippen LogP contribution is -2.49. The van der Waals surface area contributed by atoms with Crippen molar-refractivity contribution in [2.24, 2.45) is 5.41 Å². The molecule has 26 heavy (non-hydrogen) atoms. The maximum atomic E-state index is 12.6. The Kier molecular flexibility index (Phi) is 8.35. The average molecular weight is 381 g/mol. The molecule has 0 saturated heterocycles. The molecule has 1 rings (SSSR count). The summed E-state index contributed by atoms with van der Waals surface area (Å²) in [6.07, 6.45) is 9.21. The SMILES string of the molecule is CCCCCCSC1=C(C)C(O)(/C=C/C(C)=C/C(=O)O)C(C)(C)CC1=O. The van der Waals surface area contributed by atoms with Crippen LogP contribution in [0.1, 0.15) is 66.7 Å². The lowest BCUT2D eigenvalue weighted by molar-refractivity contribution is -0.131. The van der Waals surface area contributed by atoms with Crippen molar-refractivity contribution in [1.82, 2.24) is 0 Å². The van der Waals surface area contributed by atoms with Crippen molar-refractivity contribution in [3.05, 3.63) is 34.3 Å². The zero-order valence-electron chi connectivity index (χ0n) is 16.6. The van der Waals surface area contributed by atoms with Crippen molar-refractivity contribution < 1.29 is 19.8 Å². The first-order chi connectivity index (χ1) is 12.0. The van der Waals surface area contributed by atoms with E-state index in [1.807, 2.05) is 20.8 Å². The molecule has 0 aromatic rings. The molecule has 0 spiro atoms. The van der Waals surface area contributed by atoms with Gasteiger partial charge in [0.2, 0.25) is 0 Å². The van der Waals surface area contributed by atoms with Crippen molar-refractivity contribution in [1.29, 1.82) is 0 Å². The molecule has 0 aromatic heterocycles. The van der Waals surface area contributed by atoms with Crippen LogP contribution in [-0.2, 0) is 9.59 Å².